The van der Waals surface area contributed by atoms with Crippen LogP contribution in [-0.4, -0.2) is 31.4 Å². The number of ether oxygens (including phenoxy) is 1. The average molecular weight is 239 g/mol. The van der Waals surface area contributed by atoms with Gasteiger partial charge in [0.05, 0.1) is 18.8 Å². The molecule has 1 aromatic rings. The standard InChI is InChI=1S/C13H18FNO2/c1-9(16)12-7-10(14)3-4-13(12)15(2)11-5-6-17-8-11/h3-4,7,9,11,16H,5-6,8H2,1-2H3/t9-,11?/m0/s1. The van der Waals surface area contributed by atoms with Crippen molar-refractivity contribution in [3.05, 3.63) is 29.6 Å². The van der Waals surface area contributed by atoms with E-state index < -0.39 is 6.10 Å². The molecular weight excluding hydrogens is 221 g/mol. The van der Waals surface area contributed by atoms with Crippen molar-refractivity contribution in [3.8, 4) is 0 Å². The highest BCUT2D eigenvalue weighted by atomic mass is 19.1. The lowest BCUT2D eigenvalue weighted by Gasteiger charge is -2.28. The van der Waals surface area contributed by atoms with E-state index in [4.69, 9.17) is 4.74 Å². The van der Waals surface area contributed by atoms with E-state index in [1.165, 1.54) is 12.1 Å². The summed E-state index contributed by atoms with van der Waals surface area (Å²) < 4.78 is 18.5. The molecule has 4 heteroatoms. The van der Waals surface area contributed by atoms with E-state index in [-0.39, 0.29) is 5.82 Å². The number of hydrogen-bond acceptors (Lipinski definition) is 3. The van der Waals surface area contributed by atoms with Crippen LogP contribution in [0.15, 0.2) is 18.2 Å². The molecule has 17 heavy (non-hydrogen) atoms. The van der Waals surface area contributed by atoms with Gasteiger partial charge in [-0.1, -0.05) is 0 Å². The van der Waals surface area contributed by atoms with Gasteiger partial charge in [-0.15, -0.1) is 0 Å². The Morgan fingerprint density at radius 2 is 2.29 bits per heavy atom. The molecule has 1 fully saturated rings. The lowest BCUT2D eigenvalue weighted by molar-refractivity contribution is 0.192. The third kappa shape index (κ3) is 2.58. The molecule has 0 aliphatic carbocycles. The van der Waals surface area contributed by atoms with Gasteiger partial charge in [-0.25, -0.2) is 4.39 Å². The van der Waals surface area contributed by atoms with Gasteiger partial charge in [0.1, 0.15) is 5.82 Å². The maximum atomic E-state index is 13.2. The molecule has 0 aromatic heterocycles. The molecule has 2 atom stereocenters. The topological polar surface area (TPSA) is 32.7 Å². The Morgan fingerprint density at radius 3 is 2.88 bits per heavy atom. The smallest absolute Gasteiger partial charge is 0.123 e. The number of aliphatic hydroxyl groups is 1. The van der Waals surface area contributed by atoms with Crippen LogP contribution in [0.25, 0.3) is 0 Å². The van der Waals surface area contributed by atoms with Gasteiger partial charge in [0, 0.05) is 24.9 Å². The van der Waals surface area contributed by atoms with Crippen molar-refractivity contribution in [2.75, 3.05) is 25.2 Å². The minimum Gasteiger partial charge on any atom is -0.389 e. The monoisotopic (exact) mass is 239 g/mol. The molecule has 1 aliphatic heterocycles. The lowest BCUT2D eigenvalue weighted by Crippen LogP contribution is -2.32. The Hall–Kier alpha value is -1.13. The molecule has 2 rings (SSSR count). The van der Waals surface area contributed by atoms with E-state index in [9.17, 15) is 9.50 Å². The SMILES string of the molecule is C[C@H](O)c1cc(F)ccc1N(C)C1CCOC1. The number of hydrogen-bond donors (Lipinski definition) is 1. The normalized spacial score (nSPS) is 21.5. The van der Waals surface area contributed by atoms with Crippen molar-refractivity contribution >= 4 is 5.69 Å². The van der Waals surface area contributed by atoms with Crippen molar-refractivity contribution in [3.63, 3.8) is 0 Å². The van der Waals surface area contributed by atoms with E-state index in [2.05, 4.69) is 4.90 Å². The summed E-state index contributed by atoms with van der Waals surface area (Å²) in [6, 6.07) is 4.84. The van der Waals surface area contributed by atoms with Gasteiger partial charge in [0.2, 0.25) is 0 Å². The molecule has 0 saturated carbocycles. The highest BCUT2D eigenvalue weighted by Crippen LogP contribution is 2.29. The maximum absolute atomic E-state index is 13.2. The number of aliphatic hydroxyl groups excluding tert-OH is 1. The van der Waals surface area contributed by atoms with Gasteiger partial charge < -0.3 is 14.7 Å². The number of benzene rings is 1. The van der Waals surface area contributed by atoms with E-state index in [0.29, 0.717) is 18.2 Å². The molecule has 1 saturated heterocycles. The molecule has 1 aliphatic rings. The second kappa shape index (κ2) is 5.02. The van der Waals surface area contributed by atoms with Crippen LogP contribution in [0.5, 0.6) is 0 Å². The van der Waals surface area contributed by atoms with Crippen molar-refractivity contribution in [1.82, 2.24) is 0 Å². The van der Waals surface area contributed by atoms with Crippen LogP contribution in [0.4, 0.5) is 10.1 Å². The summed E-state index contributed by atoms with van der Waals surface area (Å²) in [6.07, 6.45) is 0.290. The summed E-state index contributed by atoms with van der Waals surface area (Å²) >= 11 is 0. The van der Waals surface area contributed by atoms with E-state index in [0.717, 1.165) is 18.7 Å². The molecule has 1 heterocycles. The van der Waals surface area contributed by atoms with Gasteiger partial charge in [-0.3, -0.25) is 0 Å². The molecule has 94 valence electrons. The number of rotatable bonds is 3. The molecule has 0 radical (unpaired) electrons. The van der Waals surface area contributed by atoms with E-state index in [1.807, 2.05) is 7.05 Å². The molecule has 1 aromatic carbocycles. The number of nitrogens with zero attached hydrogens (tertiary/aromatic N) is 1. The van der Waals surface area contributed by atoms with Crippen molar-refractivity contribution < 1.29 is 14.2 Å². The first-order chi connectivity index (χ1) is 8.09. The first-order valence-corrected chi connectivity index (χ1v) is 5.87. The fourth-order valence-corrected chi connectivity index (χ4v) is 2.21. The van der Waals surface area contributed by atoms with Gasteiger partial charge in [0.15, 0.2) is 0 Å². The third-order valence-electron chi connectivity index (χ3n) is 3.27. The Labute approximate surface area is 101 Å². The maximum Gasteiger partial charge on any atom is 0.123 e. The Kier molecular flexibility index (Phi) is 3.64. The molecule has 0 spiro atoms. The fraction of sp³-hybridized carbons (Fsp3) is 0.538. The summed E-state index contributed by atoms with van der Waals surface area (Å²) in [7, 11) is 1.96. The summed E-state index contributed by atoms with van der Waals surface area (Å²) in [4.78, 5) is 2.06. The quantitative estimate of drug-likeness (QED) is 0.876. The summed E-state index contributed by atoms with van der Waals surface area (Å²) in [5.41, 5.74) is 1.50. The van der Waals surface area contributed by atoms with Crippen molar-refractivity contribution in [1.29, 1.82) is 0 Å². The summed E-state index contributed by atoms with van der Waals surface area (Å²) in [6.45, 7) is 3.10. The first kappa shape index (κ1) is 12.3. The zero-order valence-electron chi connectivity index (χ0n) is 10.2. The average Bonchev–Trinajstić information content (AvgIpc) is 2.81. The van der Waals surface area contributed by atoms with Gasteiger partial charge in [-0.2, -0.15) is 0 Å². The molecule has 0 amide bonds. The zero-order valence-corrected chi connectivity index (χ0v) is 10.2. The predicted molar refractivity (Wildman–Crippen MR) is 64.7 cm³/mol. The van der Waals surface area contributed by atoms with Crippen molar-refractivity contribution in [2.24, 2.45) is 0 Å². The van der Waals surface area contributed by atoms with Crippen LogP contribution in [0, 0.1) is 5.82 Å². The van der Waals surface area contributed by atoms with Crippen LogP contribution in [0.1, 0.15) is 25.0 Å². The molecule has 1 unspecified atom stereocenters. The fourth-order valence-electron chi connectivity index (χ4n) is 2.21. The Balaban J connectivity index is 2.29. The van der Waals surface area contributed by atoms with E-state index >= 15 is 0 Å². The highest BCUT2D eigenvalue weighted by molar-refractivity contribution is 5.55. The Morgan fingerprint density at radius 1 is 1.53 bits per heavy atom. The molecule has 3 nitrogen and oxygen atoms in total. The highest BCUT2D eigenvalue weighted by Gasteiger charge is 2.23. The third-order valence-corrected chi connectivity index (χ3v) is 3.27. The van der Waals surface area contributed by atoms with Crippen LogP contribution in [0.3, 0.4) is 0 Å². The lowest BCUT2D eigenvalue weighted by atomic mass is 10.1. The number of likely N-dealkylation sites (N-methyl/N-ethyl adjacent to an activating group) is 1. The largest absolute Gasteiger partial charge is 0.389 e. The first-order valence-electron chi connectivity index (χ1n) is 5.87. The van der Waals surface area contributed by atoms with Crippen LogP contribution in [0.2, 0.25) is 0 Å². The van der Waals surface area contributed by atoms with E-state index in [1.54, 1.807) is 13.0 Å². The van der Waals surface area contributed by atoms with Crippen LogP contribution >= 0.6 is 0 Å². The van der Waals surface area contributed by atoms with Crippen molar-refractivity contribution in [2.45, 2.75) is 25.5 Å². The number of anilines is 1. The second-order valence-corrected chi connectivity index (χ2v) is 4.51. The number of halogens is 1. The molecule has 1 N–H and O–H groups in total. The van der Waals surface area contributed by atoms with Crippen LogP contribution in [-0.2, 0) is 4.74 Å². The van der Waals surface area contributed by atoms with Crippen LogP contribution < -0.4 is 4.90 Å². The molecule has 0 bridgehead atoms. The summed E-state index contributed by atoms with van der Waals surface area (Å²) in [5.74, 6) is -0.319. The zero-order chi connectivity index (χ0) is 12.4. The molecular formula is C13H18FNO2. The Bertz CT molecular complexity index is 389. The van der Waals surface area contributed by atoms with Gasteiger partial charge >= 0.3 is 0 Å². The summed E-state index contributed by atoms with van der Waals surface area (Å²) in [5, 5.41) is 9.70. The van der Waals surface area contributed by atoms with Gasteiger partial charge in [0.25, 0.3) is 0 Å². The second-order valence-electron chi connectivity index (χ2n) is 4.51. The minimum absolute atomic E-state index is 0.304. The van der Waals surface area contributed by atoms with Gasteiger partial charge in [-0.05, 0) is 31.5 Å². The minimum atomic E-state index is -0.675. The predicted octanol–water partition coefficient (Wildman–Crippen LogP) is 2.10.